The molecule has 1 heterocycles. The molecule has 27 heavy (non-hydrogen) atoms. The number of ether oxygens (including phenoxy) is 1. The number of thiazole rings is 1. The van der Waals surface area contributed by atoms with Gasteiger partial charge in [0.15, 0.2) is 5.13 Å². The third kappa shape index (κ3) is 4.28. The van der Waals surface area contributed by atoms with Gasteiger partial charge in [-0.1, -0.05) is 29.0 Å². The predicted octanol–water partition coefficient (Wildman–Crippen LogP) is 2.71. The van der Waals surface area contributed by atoms with E-state index < -0.39 is 0 Å². The average molecular weight is 385 g/mol. The minimum atomic E-state index is 0.00321. The zero-order valence-corrected chi connectivity index (χ0v) is 17.3. The maximum atomic E-state index is 13.4. The highest BCUT2D eigenvalue weighted by atomic mass is 32.1. The van der Waals surface area contributed by atoms with Gasteiger partial charge >= 0.3 is 0 Å². The maximum absolute atomic E-state index is 13.4. The molecule has 0 aliphatic heterocycles. The summed E-state index contributed by atoms with van der Waals surface area (Å²) in [6.07, 6.45) is 0. The second kappa shape index (κ2) is 8.06. The van der Waals surface area contributed by atoms with E-state index in [1.165, 1.54) is 16.2 Å². The Morgan fingerprint density at radius 2 is 1.96 bits per heavy atom. The van der Waals surface area contributed by atoms with Crippen molar-refractivity contribution in [2.45, 2.75) is 13.8 Å². The molecule has 2 aromatic carbocycles. The first-order valence-electron chi connectivity index (χ1n) is 9.02. The van der Waals surface area contributed by atoms with E-state index in [2.05, 4.69) is 14.1 Å². The highest BCUT2D eigenvalue weighted by molar-refractivity contribution is 7.22. The number of nitrogens with one attached hydrogen (secondary N) is 1. The first-order chi connectivity index (χ1) is 12.9. The highest BCUT2D eigenvalue weighted by Crippen LogP contribution is 2.32. The summed E-state index contributed by atoms with van der Waals surface area (Å²) in [6, 6.07) is 11.8. The van der Waals surface area contributed by atoms with Crippen LogP contribution in [0.5, 0.6) is 5.75 Å². The number of hydrogen-bond acceptors (Lipinski definition) is 4. The Morgan fingerprint density at radius 1 is 1.19 bits per heavy atom. The normalized spacial score (nSPS) is 11.2. The standard InChI is InChI=1S/C21H25N3O2S/c1-14-6-7-15(2)17(12-14)20(25)24(11-10-23(3)4)21-22-18-9-8-16(26-5)13-19(18)27-21/h6-9,12-13H,10-11H2,1-5H3/p+1. The topological polar surface area (TPSA) is 46.9 Å². The number of carbonyl (C=O) groups excluding carboxylic acids is 1. The zero-order valence-electron chi connectivity index (χ0n) is 16.5. The molecule has 3 aromatic rings. The van der Waals surface area contributed by atoms with E-state index in [0.29, 0.717) is 6.54 Å². The first-order valence-corrected chi connectivity index (χ1v) is 9.83. The maximum Gasteiger partial charge on any atom is 0.260 e. The van der Waals surface area contributed by atoms with Crippen molar-refractivity contribution in [3.05, 3.63) is 53.1 Å². The zero-order chi connectivity index (χ0) is 19.6. The van der Waals surface area contributed by atoms with Crippen molar-refractivity contribution < 1.29 is 14.4 Å². The van der Waals surface area contributed by atoms with Crippen LogP contribution in [-0.2, 0) is 0 Å². The van der Waals surface area contributed by atoms with Crippen molar-refractivity contribution in [2.75, 3.05) is 39.2 Å². The van der Waals surface area contributed by atoms with E-state index in [-0.39, 0.29) is 5.91 Å². The lowest BCUT2D eigenvalue weighted by molar-refractivity contribution is -0.856. The molecule has 0 atom stereocenters. The van der Waals surface area contributed by atoms with Gasteiger partial charge in [-0.3, -0.25) is 9.69 Å². The number of likely N-dealkylation sites (N-methyl/N-ethyl adjacent to an activating group) is 1. The monoisotopic (exact) mass is 384 g/mol. The molecule has 0 saturated carbocycles. The Bertz CT molecular complexity index is 965. The molecule has 1 N–H and O–H groups in total. The van der Waals surface area contributed by atoms with Gasteiger partial charge in [0.25, 0.3) is 5.91 Å². The Labute approximate surface area is 164 Å². The van der Waals surface area contributed by atoms with Gasteiger partial charge in [-0.25, -0.2) is 4.98 Å². The molecule has 1 aromatic heterocycles. The summed E-state index contributed by atoms with van der Waals surface area (Å²) in [5.41, 5.74) is 3.68. The molecule has 5 nitrogen and oxygen atoms in total. The lowest BCUT2D eigenvalue weighted by Crippen LogP contribution is -3.06. The second-order valence-electron chi connectivity index (χ2n) is 7.06. The SMILES string of the molecule is COc1ccc2nc(N(CC[NH+](C)C)C(=O)c3cc(C)ccc3C)sc2c1. The van der Waals surface area contributed by atoms with Crippen LogP contribution >= 0.6 is 11.3 Å². The van der Waals surface area contributed by atoms with Crippen molar-refractivity contribution in [3.63, 3.8) is 0 Å². The van der Waals surface area contributed by atoms with Gasteiger partial charge in [-0.2, -0.15) is 0 Å². The van der Waals surface area contributed by atoms with Crippen LogP contribution in [0.1, 0.15) is 21.5 Å². The predicted molar refractivity (Wildman–Crippen MR) is 111 cm³/mol. The summed E-state index contributed by atoms with van der Waals surface area (Å²) in [6.45, 7) is 5.45. The molecule has 0 aliphatic carbocycles. The third-order valence-electron chi connectivity index (χ3n) is 4.52. The number of carbonyl (C=O) groups is 1. The summed E-state index contributed by atoms with van der Waals surface area (Å²) < 4.78 is 6.33. The summed E-state index contributed by atoms with van der Waals surface area (Å²) in [5, 5.41) is 0.727. The van der Waals surface area contributed by atoms with Crippen LogP contribution in [0.15, 0.2) is 36.4 Å². The smallest absolute Gasteiger partial charge is 0.260 e. The first kappa shape index (κ1) is 19.3. The van der Waals surface area contributed by atoms with Crippen molar-refractivity contribution in [2.24, 2.45) is 0 Å². The fourth-order valence-electron chi connectivity index (χ4n) is 2.87. The molecule has 0 aliphatic rings. The number of benzene rings is 2. The van der Waals surface area contributed by atoms with E-state index in [1.54, 1.807) is 7.11 Å². The van der Waals surface area contributed by atoms with Crippen LogP contribution < -0.4 is 14.5 Å². The number of fused-ring (bicyclic) bond motifs is 1. The molecule has 0 spiro atoms. The number of hydrogen-bond donors (Lipinski definition) is 1. The van der Waals surface area contributed by atoms with Crippen molar-refractivity contribution in [1.29, 1.82) is 0 Å². The fourth-order valence-corrected chi connectivity index (χ4v) is 3.88. The van der Waals surface area contributed by atoms with Crippen LogP contribution in [-0.4, -0.2) is 45.2 Å². The molecule has 0 bridgehead atoms. The number of anilines is 1. The van der Waals surface area contributed by atoms with Gasteiger partial charge in [0.05, 0.1) is 44.5 Å². The van der Waals surface area contributed by atoms with Gasteiger partial charge in [0, 0.05) is 5.56 Å². The lowest BCUT2D eigenvalue weighted by Gasteiger charge is -2.21. The minimum Gasteiger partial charge on any atom is -0.497 e. The van der Waals surface area contributed by atoms with Crippen LogP contribution in [0.4, 0.5) is 5.13 Å². The number of rotatable bonds is 6. The van der Waals surface area contributed by atoms with E-state index in [4.69, 9.17) is 9.72 Å². The van der Waals surface area contributed by atoms with Crippen molar-refractivity contribution in [3.8, 4) is 5.75 Å². The summed E-state index contributed by atoms with van der Waals surface area (Å²) in [7, 11) is 5.83. The molecule has 1 amide bonds. The third-order valence-corrected chi connectivity index (χ3v) is 5.56. The van der Waals surface area contributed by atoms with E-state index >= 15 is 0 Å². The Balaban J connectivity index is 2.02. The van der Waals surface area contributed by atoms with Crippen LogP contribution in [0.3, 0.4) is 0 Å². The Kier molecular flexibility index (Phi) is 5.77. The summed E-state index contributed by atoms with van der Waals surface area (Å²) >= 11 is 1.52. The van der Waals surface area contributed by atoms with Gasteiger partial charge < -0.3 is 9.64 Å². The quantitative estimate of drug-likeness (QED) is 0.711. The molecular formula is C21H26N3O2S+. The van der Waals surface area contributed by atoms with Crippen LogP contribution in [0, 0.1) is 13.8 Å². The van der Waals surface area contributed by atoms with Gasteiger partial charge in [-0.15, -0.1) is 0 Å². The minimum absolute atomic E-state index is 0.00321. The van der Waals surface area contributed by atoms with E-state index in [9.17, 15) is 4.79 Å². The summed E-state index contributed by atoms with van der Waals surface area (Å²) in [4.78, 5) is 21.2. The molecule has 142 valence electrons. The van der Waals surface area contributed by atoms with Crippen LogP contribution in [0.25, 0.3) is 10.2 Å². The molecular weight excluding hydrogens is 358 g/mol. The fraction of sp³-hybridized carbons (Fsp3) is 0.333. The molecule has 6 heteroatoms. The number of quaternary nitrogens is 1. The number of amides is 1. The van der Waals surface area contributed by atoms with Crippen LogP contribution in [0.2, 0.25) is 0 Å². The van der Waals surface area contributed by atoms with Crippen molar-refractivity contribution in [1.82, 2.24) is 4.98 Å². The number of aryl methyl sites for hydroxylation is 2. The molecule has 0 unspecified atom stereocenters. The van der Waals surface area contributed by atoms with Gasteiger partial charge in [0.1, 0.15) is 5.75 Å². The van der Waals surface area contributed by atoms with Gasteiger partial charge in [0.2, 0.25) is 0 Å². The highest BCUT2D eigenvalue weighted by Gasteiger charge is 2.23. The molecule has 0 fully saturated rings. The second-order valence-corrected chi connectivity index (χ2v) is 8.07. The number of methoxy groups -OCH3 is 1. The molecule has 3 rings (SSSR count). The average Bonchev–Trinajstić information content (AvgIpc) is 3.06. The largest absolute Gasteiger partial charge is 0.497 e. The van der Waals surface area contributed by atoms with E-state index in [0.717, 1.165) is 44.3 Å². The molecule has 0 saturated heterocycles. The van der Waals surface area contributed by atoms with E-state index in [1.807, 2.05) is 55.1 Å². The van der Waals surface area contributed by atoms with Crippen molar-refractivity contribution >= 4 is 32.6 Å². The molecule has 0 radical (unpaired) electrons. The summed E-state index contributed by atoms with van der Waals surface area (Å²) in [5.74, 6) is 0.798. The Hall–Kier alpha value is -2.44. The number of aromatic nitrogens is 1. The Morgan fingerprint density at radius 3 is 2.67 bits per heavy atom. The van der Waals surface area contributed by atoms with Gasteiger partial charge in [-0.05, 0) is 43.7 Å². The number of nitrogens with zero attached hydrogens (tertiary/aromatic N) is 2. The lowest BCUT2D eigenvalue weighted by atomic mass is 10.0.